The summed E-state index contributed by atoms with van der Waals surface area (Å²) >= 11 is 0. The van der Waals surface area contributed by atoms with Gasteiger partial charge in [0.1, 0.15) is 0 Å². The van der Waals surface area contributed by atoms with Crippen molar-refractivity contribution in [3.63, 3.8) is 0 Å². The summed E-state index contributed by atoms with van der Waals surface area (Å²) in [6.07, 6.45) is 5.07. The van der Waals surface area contributed by atoms with Gasteiger partial charge in [-0.25, -0.2) is 0 Å². The normalized spacial score (nSPS) is 32.2. The molecule has 4 nitrogen and oxygen atoms in total. The summed E-state index contributed by atoms with van der Waals surface area (Å²) in [6, 6.07) is 10.2. The maximum atomic E-state index is 11.2. The lowest BCUT2D eigenvalue weighted by Gasteiger charge is -2.15. The van der Waals surface area contributed by atoms with Gasteiger partial charge in [-0.3, -0.25) is 4.18 Å². The molecule has 0 aliphatic heterocycles. The summed E-state index contributed by atoms with van der Waals surface area (Å²) in [7, 11) is -3.33. The number of hydrogen-bond donors (Lipinski definition) is 0. The van der Waals surface area contributed by atoms with E-state index in [9.17, 15) is 8.42 Å². The fourth-order valence-electron chi connectivity index (χ4n) is 3.76. The Hall–Kier alpha value is -0.910. The van der Waals surface area contributed by atoms with Crippen LogP contribution >= 0.6 is 0 Å². The number of rotatable bonds is 5. The van der Waals surface area contributed by atoms with Crippen molar-refractivity contribution in [3.05, 3.63) is 35.9 Å². The third-order valence-corrected chi connectivity index (χ3v) is 5.19. The molecule has 0 radical (unpaired) electrons. The van der Waals surface area contributed by atoms with Crippen molar-refractivity contribution in [2.24, 2.45) is 11.8 Å². The molecule has 0 aromatic heterocycles. The first-order chi connectivity index (χ1) is 9.99. The van der Waals surface area contributed by atoms with Gasteiger partial charge in [0.05, 0.1) is 25.1 Å². The smallest absolute Gasteiger partial charge is 0.264 e. The molecule has 2 saturated carbocycles. The first-order valence-corrected chi connectivity index (χ1v) is 9.35. The van der Waals surface area contributed by atoms with E-state index in [0.29, 0.717) is 24.5 Å². The van der Waals surface area contributed by atoms with Crippen LogP contribution in [0.4, 0.5) is 0 Å². The van der Waals surface area contributed by atoms with Gasteiger partial charge in [-0.2, -0.15) is 8.42 Å². The highest BCUT2D eigenvalue weighted by atomic mass is 32.2. The third-order valence-electron chi connectivity index (χ3n) is 4.57. The van der Waals surface area contributed by atoms with Gasteiger partial charge in [0.2, 0.25) is 0 Å². The topological polar surface area (TPSA) is 52.6 Å². The second kappa shape index (κ2) is 6.07. The molecule has 0 heterocycles. The van der Waals surface area contributed by atoms with Crippen LogP contribution in [0.15, 0.2) is 30.3 Å². The lowest BCUT2D eigenvalue weighted by atomic mass is 10.0. The van der Waals surface area contributed by atoms with Crippen molar-refractivity contribution in [1.29, 1.82) is 0 Å². The van der Waals surface area contributed by atoms with Crippen LogP contribution in [0.2, 0.25) is 0 Å². The monoisotopic (exact) mass is 310 g/mol. The van der Waals surface area contributed by atoms with Crippen LogP contribution in [0.5, 0.6) is 0 Å². The van der Waals surface area contributed by atoms with Crippen molar-refractivity contribution in [1.82, 2.24) is 0 Å². The minimum atomic E-state index is -3.33. The zero-order valence-corrected chi connectivity index (χ0v) is 13.1. The lowest BCUT2D eigenvalue weighted by molar-refractivity contribution is 0.0371. The molecular weight excluding hydrogens is 288 g/mol. The Labute approximate surface area is 126 Å². The molecule has 0 spiro atoms. The van der Waals surface area contributed by atoms with Gasteiger partial charge in [0.25, 0.3) is 10.1 Å². The van der Waals surface area contributed by atoms with Crippen molar-refractivity contribution in [2.75, 3.05) is 6.26 Å². The standard InChI is InChI=1S/C16H22O4S/c1-21(17,18)20-16-9-13-7-15(8-14(13)10-16)19-11-12-5-3-2-4-6-12/h2-6,13-16H,7-11H2,1H3/t13-,14+,15?,16?. The number of hydrogen-bond acceptors (Lipinski definition) is 4. The van der Waals surface area contributed by atoms with Crippen LogP contribution in [-0.4, -0.2) is 26.9 Å². The van der Waals surface area contributed by atoms with E-state index in [1.165, 1.54) is 5.56 Å². The first kappa shape index (κ1) is 15.0. The van der Waals surface area contributed by atoms with E-state index in [1.807, 2.05) is 18.2 Å². The molecular formula is C16H22O4S. The third kappa shape index (κ3) is 4.05. The predicted molar refractivity (Wildman–Crippen MR) is 80.2 cm³/mol. The summed E-state index contributed by atoms with van der Waals surface area (Å²) in [6.45, 7) is 0.661. The predicted octanol–water partition coefficient (Wildman–Crippen LogP) is 2.74. The Morgan fingerprint density at radius 1 is 1.00 bits per heavy atom. The highest BCUT2D eigenvalue weighted by Crippen LogP contribution is 2.46. The maximum Gasteiger partial charge on any atom is 0.264 e. The van der Waals surface area contributed by atoms with Crippen LogP contribution in [0, 0.1) is 11.8 Å². The molecule has 4 atom stereocenters. The summed E-state index contributed by atoms with van der Waals surface area (Å²) in [5.74, 6) is 1.11. The van der Waals surface area contributed by atoms with Crippen LogP contribution in [-0.2, 0) is 25.6 Å². The van der Waals surface area contributed by atoms with Crippen molar-refractivity contribution < 1.29 is 17.3 Å². The van der Waals surface area contributed by atoms with E-state index in [4.69, 9.17) is 8.92 Å². The number of benzene rings is 1. The molecule has 0 saturated heterocycles. The fraction of sp³-hybridized carbons (Fsp3) is 0.625. The Bertz CT molecular complexity index is 555. The Morgan fingerprint density at radius 2 is 1.57 bits per heavy atom. The van der Waals surface area contributed by atoms with Crippen LogP contribution in [0.1, 0.15) is 31.2 Å². The molecule has 0 amide bonds. The SMILES string of the molecule is CS(=O)(=O)OC1C[C@H]2CC(OCc3ccccc3)C[C@H]2C1. The molecule has 2 aliphatic rings. The lowest BCUT2D eigenvalue weighted by Crippen LogP contribution is -2.17. The first-order valence-electron chi connectivity index (χ1n) is 7.53. The highest BCUT2D eigenvalue weighted by Gasteiger charge is 2.43. The molecule has 3 rings (SSSR count). The van der Waals surface area contributed by atoms with Crippen molar-refractivity contribution in [2.45, 2.75) is 44.5 Å². The van der Waals surface area contributed by atoms with E-state index >= 15 is 0 Å². The summed E-state index contributed by atoms with van der Waals surface area (Å²) < 4.78 is 33.5. The second-order valence-electron chi connectivity index (χ2n) is 6.30. The minimum absolute atomic E-state index is 0.120. The number of ether oxygens (including phenoxy) is 1. The molecule has 2 fully saturated rings. The van der Waals surface area contributed by atoms with E-state index < -0.39 is 10.1 Å². The molecule has 1 aromatic rings. The molecule has 116 valence electrons. The molecule has 0 N–H and O–H groups in total. The average molecular weight is 310 g/mol. The fourth-order valence-corrected chi connectivity index (χ4v) is 4.41. The van der Waals surface area contributed by atoms with Gasteiger partial charge in [0.15, 0.2) is 0 Å². The van der Waals surface area contributed by atoms with Crippen molar-refractivity contribution in [3.8, 4) is 0 Å². The largest absolute Gasteiger partial charge is 0.374 e. The van der Waals surface area contributed by atoms with Gasteiger partial charge < -0.3 is 4.74 Å². The van der Waals surface area contributed by atoms with E-state index in [0.717, 1.165) is 31.9 Å². The summed E-state index contributed by atoms with van der Waals surface area (Å²) in [5.41, 5.74) is 1.20. The van der Waals surface area contributed by atoms with Crippen LogP contribution in [0.3, 0.4) is 0 Å². The minimum Gasteiger partial charge on any atom is -0.374 e. The van der Waals surface area contributed by atoms with E-state index in [2.05, 4.69) is 12.1 Å². The Balaban J connectivity index is 1.46. The Morgan fingerprint density at radius 3 is 2.14 bits per heavy atom. The van der Waals surface area contributed by atoms with E-state index in [1.54, 1.807) is 0 Å². The van der Waals surface area contributed by atoms with Crippen LogP contribution < -0.4 is 0 Å². The van der Waals surface area contributed by atoms with Crippen molar-refractivity contribution >= 4 is 10.1 Å². The van der Waals surface area contributed by atoms with E-state index in [-0.39, 0.29) is 6.10 Å². The molecule has 1 aromatic carbocycles. The van der Waals surface area contributed by atoms with Gasteiger partial charge >= 0.3 is 0 Å². The zero-order valence-electron chi connectivity index (χ0n) is 12.3. The quantitative estimate of drug-likeness (QED) is 0.785. The maximum absolute atomic E-state index is 11.2. The second-order valence-corrected chi connectivity index (χ2v) is 7.90. The summed E-state index contributed by atoms with van der Waals surface area (Å²) in [5, 5.41) is 0. The Kier molecular flexibility index (Phi) is 4.33. The summed E-state index contributed by atoms with van der Waals surface area (Å²) in [4.78, 5) is 0. The molecule has 5 heteroatoms. The number of fused-ring (bicyclic) bond motifs is 1. The molecule has 2 aliphatic carbocycles. The molecule has 0 bridgehead atoms. The van der Waals surface area contributed by atoms with Crippen LogP contribution in [0.25, 0.3) is 0 Å². The molecule has 2 unspecified atom stereocenters. The highest BCUT2D eigenvalue weighted by molar-refractivity contribution is 7.86. The van der Waals surface area contributed by atoms with Gasteiger partial charge in [0, 0.05) is 0 Å². The van der Waals surface area contributed by atoms with Gasteiger partial charge in [-0.1, -0.05) is 30.3 Å². The van der Waals surface area contributed by atoms with Gasteiger partial charge in [-0.05, 0) is 43.1 Å². The average Bonchev–Trinajstić information content (AvgIpc) is 2.93. The zero-order chi connectivity index (χ0) is 14.9. The molecule has 21 heavy (non-hydrogen) atoms. The van der Waals surface area contributed by atoms with Gasteiger partial charge in [-0.15, -0.1) is 0 Å².